The van der Waals surface area contributed by atoms with Crippen LogP contribution in [0.5, 0.6) is 0 Å². The number of piperidine rings is 1. The molecule has 0 saturated carbocycles. The number of halogens is 3. The number of sulfonamides is 1. The first-order valence-electron chi connectivity index (χ1n) is 15.9. The summed E-state index contributed by atoms with van der Waals surface area (Å²) in [6.45, 7) is 10.5. The Morgan fingerprint density at radius 2 is 1.72 bits per heavy atom. The zero-order chi connectivity index (χ0) is 33.2. The highest BCUT2D eigenvalue weighted by atomic mass is 32.2. The highest BCUT2D eigenvalue weighted by Crippen LogP contribution is 2.36. The molecule has 0 aliphatic carbocycles. The summed E-state index contributed by atoms with van der Waals surface area (Å²) in [7, 11) is -3.16. The van der Waals surface area contributed by atoms with Crippen LogP contribution in [0.4, 0.5) is 13.2 Å². The third kappa shape index (κ3) is 7.95. The third-order valence-electron chi connectivity index (χ3n) is 9.93. The normalized spacial score (nSPS) is 27.5. The molecule has 0 spiro atoms. The largest absolute Gasteiger partial charge is 0.416 e. The van der Waals surface area contributed by atoms with Crippen LogP contribution in [0.1, 0.15) is 56.3 Å². The Labute approximate surface area is 269 Å². The molecule has 4 fully saturated rings. The first kappa shape index (κ1) is 34.4. The van der Waals surface area contributed by atoms with Gasteiger partial charge in [0.25, 0.3) is 5.91 Å². The molecule has 1 aromatic carbocycles. The van der Waals surface area contributed by atoms with E-state index in [0.29, 0.717) is 67.4 Å². The van der Waals surface area contributed by atoms with Crippen molar-refractivity contribution in [3.8, 4) is 0 Å². The fourth-order valence-electron chi connectivity index (χ4n) is 7.22. The Hall–Kier alpha value is -2.94. The van der Waals surface area contributed by atoms with E-state index in [2.05, 4.69) is 21.8 Å². The van der Waals surface area contributed by atoms with Crippen molar-refractivity contribution < 1.29 is 31.1 Å². The number of nitrogens with zero attached hydrogens (tertiary/aromatic N) is 4. The monoisotopic (exact) mass is 666 g/mol. The quantitative estimate of drug-likeness (QED) is 0.179. The zero-order valence-corrected chi connectivity index (χ0v) is 27.3. The summed E-state index contributed by atoms with van der Waals surface area (Å²) in [5.41, 5.74) is 6.99. The first-order chi connectivity index (χ1) is 21.7. The molecular weight excluding hydrogens is 621 g/mol. The minimum absolute atomic E-state index is 0.179. The number of ether oxygens (including phenoxy) is 1. The molecule has 4 aliphatic rings. The number of hydrogen-bond donors (Lipinski definition) is 2. The van der Waals surface area contributed by atoms with E-state index in [4.69, 9.17) is 10.5 Å². The van der Waals surface area contributed by atoms with E-state index < -0.39 is 21.8 Å². The summed E-state index contributed by atoms with van der Waals surface area (Å²) in [4.78, 5) is 22.1. The summed E-state index contributed by atoms with van der Waals surface area (Å²) in [5, 5.41) is 3.27. The fraction of sp³-hybridized carbons (Fsp3) is 0.625. The van der Waals surface area contributed by atoms with Gasteiger partial charge in [0.05, 0.1) is 30.4 Å². The van der Waals surface area contributed by atoms with Crippen molar-refractivity contribution in [1.29, 1.82) is 0 Å². The van der Waals surface area contributed by atoms with Gasteiger partial charge in [0.15, 0.2) is 0 Å². The lowest BCUT2D eigenvalue weighted by Crippen LogP contribution is -2.47. The van der Waals surface area contributed by atoms with Gasteiger partial charge < -0.3 is 20.7 Å². The van der Waals surface area contributed by atoms with Crippen LogP contribution in [0, 0.1) is 11.8 Å². The molecule has 254 valence electrons. The number of likely N-dealkylation sites (tertiary alicyclic amines) is 2. The fourth-order valence-corrected chi connectivity index (χ4v) is 8.14. The van der Waals surface area contributed by atoms with E-state index in [1.807, 2.05) is 0 Å². The molecule has 4 heterocycles. The summed E-state index contributed by atoms with van der Waals surface area (Å²) < 4.78 is 70.6. The summed E-state index contributed by atoms with van der Waals surface area (Å²) in [6.07, 6.45) is 1.58. The lowest BCUT2D eigenvalue weighted by Gasteiger charge is -2.37. The van der Waals surface area contributed by atoms with Crippen molar-refractivity contribution in [2.45, 2.75) is 63.5 Å². The van der Waals surface area contributed by atoms with Gasteiger partial charge in [0.1, 0.15) is 5.70 Å². The molecule has 0 aromatic heterocycles. The Balaban J connectivity index is 1.12. The minimum Gasteiger partial charge on any atom is -0.390 e. The zero-order valence-electron chi connectivity index (χ0n) is 26.5. The summed E-state index contributed by atoms with van der Waals surface area (Å²) >= 11 is 0. The van der Waals surface area contributed by atoms with Crippen LogP contribution in [-0.4, -0.2) is 99.0 Å². The average Bonchev–Trinajstić information content (AvgIpc) is 3.62. The first-order valence-corrected chi connectivity index (χ1v) is 17.8. The standard InChI is InChI=1S/C32H45F3N6O4S/c1-21(22(2)37-15-28-5-4-6-29(45-28)23-7-9-26(10-8-23)32(33,34)35)30(38-20-36)31(42)39-13-11-27(12-14-39)40-16-24-18-41(46(3,43)44)19-25(24)17-40/h7-10,20,24-25,27-29,37H,2,4-6,11-19H2,1,3H3,(H2,36,38)/b30-21-/t24?,25?,28-,29+/m1/s1. The Bertz CT molecular complexity index is 1430. The van der Waals surface area contributed by atoms with Crippen molar-refractivity contribution in [3.05, 3.63) is 58.9 Å². The van der Waals surface area contributed by atoms with Crippen molar-refractivity contribution >= 4 is 22.3 Å². The number of carbonyl (C=O) groups excluding carboxylic acids is 1. The van der Waals surface area contributed by atoms with Gasteiger partial charge in [0.2, 0.25) is 10.0 Å². The highest BCUT2D eigenvalue weighted by molar-refractivity contribution is 7.88. The number of carbonyl (C=O) groups is 1. The number of benzene rings is 1. The second kappa shape index (κ2) is 14.0. The predicted octanol–water partition coefficient (Wildman–Crippen LogP) is 3.49. The Morgan fingerprint density at radius 3 is 2.28 bits per heavy atom. The van der Waals surface area contributed by atoms with E-state index in [-0.39, 0.29) is 23.8 Å². The Morgan fingerprint density at radius 1 is 1.09 bits per heavy atom. The van der Waals surface area contributed by atoms with Gasteiger partial charge in [-0.3, -0.25) is 9.69 Å². The van der Waals surface area contributed by atoms with Crippen LogP contribution >= 0.6 is 0 Å². The smallest absolute Gasteiger partial charge is 0.390 e. The molecule has 1 aromatic rings. The van der Waals surface area contributed by atoms with Crippen LogP contribution in [0.3, 0.4) is 0 Å². The molecule has 0 bridgehead atoms. The lowest BCUT2D eigenvalue weighted by atomic mass is 9.97. The molecular formula is C32H45F3N6O4S. The molecule has 14 heteroatoms. The van der Waals surface area contributed by atoms with E-state index >= 15 is 0 Å². The van der Waals surface area contributed by atoms with Gasteiger partial charge in [-0.15, -0.1) is 0 Å². The molecule has 4 atom stereocenters. The van der Waals surface area contributed by atoms with Crippen molar-refractivity contribution in [1.82, 2.24) is 19.4 Å². The van der Waals surface area contributed by atoms with Crippen LogP contribution in [0.15, 0.2) is 52.8 Å². The number of nitrogens with two attached hydrogens (primary N) is 1. The average molecular weight is 667 g/mol. The van der Waals surface area contributed by atoms with Crippen LogP contribution < -0.4 is 11.1 Å². The minimum atomic E-state index is -4.38. The SMILES string of the molecule is C=C(NC[C@H]1CCC[C@@H](c2ccc(C(F)(F)F)cc2)O1)/C(C)=C(\N=C/N)C(=O)N1CCC(N2CC3CN(S(C)(=O)=O)CC3C2)CC1. The van der Waals surface area contributed by atoms with Gasteiger partial charge in [0, 0.05) is 63.1 Å². The van der Waals surface area contributed by atoms with Crippen LogP contribution in [0.25, 0.3) is 0 Å². The summed E-state index contributed by atoms with van der Waals surface area (Å²) in [5.74, 6) is 0.511. The number of allylic oxidation sites excluding steroid dienone is 1. The molecule has 1 amide bonds. The van der Waals surface area contributed by atoms with Gasteiger partial charge in [-0.25, -0.2) is 17.7 Å². The van der Waals surface area contributed by atoms with Crippen molar-refractivity contribution in [3.63, 3.8) is 0 Å². The van der Waals surface area contributed by atoms with Gasteiger partial charge in [-0.05, 0) is 68.6 Å². The van der Waals surface area contributed by atoms with Gasteiger partial charge in [-0.1, -0.05) is 18.7 Å². The maximum Gasteiger partial charge on any atom is 0.416 e. The number of nitrogens with one attached hydrogen (secondary N) is 1. The lowest BCUT2D eigenvalue weighted by molar-refractivity contribution is -0.137. The number of aliphatic imine (C=N–C) groups is 1. The maximum atomic E-state index is 13.6. The molecule has 3 N–H and O–H groups in total. The number of rotatable bonds is 9. The van der Waals surface area contributed by atoms with Crippen LogP contribution in [0.2, 0.25) is 0 Å². The maximum absolute atomic E-state index is 13.6. The molecule has 2 unspecified atom stereocenters. The molecule has 46 heavy (non-hydrogen) atoms. The van der Waals surface area contributed by atoms with E-state index in [9.17, 15) is 26.4 Å². The summed E-state index contributed by atoms with van der Waals surface area (Å²) in [6, 6.07) is 5.48. The number of hydrogen-bond acceptors (Lipinski definition) is 7. The highest BCUT2D eigenvalue weighted by Gasteiger charge is 2.45. The second-order valence-electron chi connectivity index (χ2n) is 13.0. The molecule has 10 nitrogen and oxygen atoms in total. The number of fused-ring (bicyclic) bond motifs is 1. The van der Waals surface area contributed by atoms with Crippen LogP contribution in [-0.2, 0) is 25.7 Å². The van der Waals surface area contributed by atoms with Gasteiger partial charge >= 0.3 is 6.18 Å². The molecule has 4 saturated heterocycles. The van der Waals surface area contributed by atoms with Crippen molar-refractivity contribution in [2.24, 2.45) is 22.6 Å². The number of alkyl halides is 3. The van der Waals surface area contributed by atoms with E-state index in [1.54, 1.807) is 16.1 Å². The third-order valence-corrected chi connectivity index (χ3v) is 11.2. The molecule has 0 radical (unpaired) electrons. The van der Waals surface area contributed by atoms with Crippen molar-refractivity contribution in [2.75, 3.05) is 52.1 Å². The number of amides is 1. The van der Waals surface area contributed by atoms with E-state index in [0.717, 1.165) is 63.7 Å². The predicted molar refractivity (Wildman–Crippen MR) is 170 cm³/mol. The molecule has 5 rings (SSSR count). The Kier molecular flexibility index (Phi) is 10.5. The topological polar surface area (TPSA) is 121 Å². The van der Waals surface area contributed by atoms with E-state index in [1.165, 1.54) is 18.4 Å². The second-order valence-corrected chi connectivity index (χ2v) is 15.0. The van der Waals surface area contributed by atoms with Gasteiger partial charge in [-0.2, -0.15) is 13.2 Å². The molecule has 4 aliphatic heterocycles.